The number of amides is 3. The zero-order valence-electron chi connectivity index (χ0n) is 19.8. The Kier molecular flexibility index (Phi) is 6.05. The summed E-state index contributed by atoms with van der Waals surface area (Å²) in [7, 11) is 0. The Morgan fingerprint density at radius 2 is 1.75 bits per heavy atom. The molecule has 3 rings (SSSR count). The van der Waals surface area contributed by atoms with Gasteiger partial charge in [0.2, 0.25) is 5.91 Å². The molecule has 32 heavy (non-hydrogen) atoms. The number of benzene rings is 2. The third-order valence-corrected chi connectivity index (χ3v) is 5.09. The monoisotopic (exact) mass is 437 g/mol. The number of rotatable bonds is 4. The summed E-state index contributed by atoms with van der Waals surface area (Å²) in [5.74, 6) is -0.506. The molecule has 7 nitrogen and oxygen atoms in total. The van der Waals surface area contributed by atoms with Crippen molar-refractivity contribution in [3.8, 4) is 5.75 Å². The molecule has 0 atom stereocenters. The highest BCUT2D eigenvalue weighted by molar-refractivity contribution is 6.08. The lowest BCUT2D eigenvalue weighted by atomic mass is 10.0. The lowest BCUT2D eigenvalue weighted by molar-refractivity contribution is -0.133. The summed E-state index contributed by atoms with van der Waals surface area (Å²) < 4.78 is 5.88. The number of fused-ring (bicyclic) bond motifs is 1. The Morgan fingerprint density at radius 1 is 1.06 bits per heavy atom. The van der Waals surface area contributed by atoms with E-state index in [-0.39, 0.29) is 24.3 Å². The van der Waals surface area contributed by atoms with Crippen molar-refractivity contribution in [3.05, 3.63) is 53.1 Å². The van der Waals surface area contributed by atoms with Gasteiger partial charge in [-0.25, -0.2) is 0 Å². The molecule has 7 heteroatoms. The van der Waals surface area contributed by atoms with E-state index in [0.717, 1.165) is 11.1 Å². The average molecular weight is 438 g/mol. The molecule has 0 spiro atoms. The summed E-state index contributed by atoms with van der Waals surface area (Å²) in [6.07, 6.45) is 0. The number of hydrogen-bond donors (Lipinski definition) is 2. The highest BCUT2D eigenvalue weighted by Gasteiger charge is 2.42. The van der Waals surface area contributed by atoms with Gasteiger partial charge in [0.1, 0.15) is 12.3 Å². The van der Waals surface area contributed by atoms with Gasteiger partial charge >= 0.3 is 0 Å². The molecule has 0 saturated heterocycles. The predicted molar refractivity (Wildman–Crippen MR) is 125 cm³/mol. The van der Waals surface area contributed by atoms with Crippen molar-refractivity contribution in [3.63, 3.8) is 0 Å². The first kappa shape index (κ1) is 23.3. The highest BCUT2D eigenvalue weighted by Crippen LogP contribution is 2.38. The maximum absolute atomic E-state index is 13.1. The summed E-state index contributed by atoms with van der Waals surface area (Å²) in [6.45, 7) is 12.7. The zero-order valence-corrected chi connectivity index (χ0v) is 19.8. The van der Waals surface area contributed by atoms with E-state index in [1.54, 1.807) is 32.0 Å². The molecule has 0 fully saturated rings. The third-order valence-electron chi connectivity index (χ3n) is 5.09. The number of aryl methyl sites for hydroxylation is 2. The number of nitrogens with one attached hydrogen (secondary N) is 2. The fraction of sp³-hybridized carbons (Fsp3) is 0.400. The average Bonchev–Trinajstić information content (AvgIpc) is 2.66. The van der Waals surface area contributed by atoms with Crippen molar-refractivity contribution in [1.29, 1.82) is 0 Å². The van der Waals surface area contributed by atoms with Crippen LogP contribution in [0.25, 0.3) is 0 Å². The van der Waals surface area contributed by atoms with Crippen molar-refractivity contribution >= 4 is 29.1 Å². The Bertz CT molecular complexity index is 1080. The van der Waals surface area contributed by atoms with E-state index in [0.29, 0.717) is 22.7 Å². The summed E-state index contributed by atoms with van der Waals surface area (Å²) in [6, 6.07) is 10.7. The predicted octanol–water partition coefficient (Wildman–Crippen LogP) is 3.97. The van der Waals surface area contributed by atoms with Gasteiger partial charge in [-0.15, -0.1) is 0 Å². The molecular formula is C25H31N3O4. The molecule has 2 aromatic carbocycles. The van der Waals surface area contributed by atoms with Crippen LogP contribution in [0, 0.1) is 13.8 Å². The van der Waals surface area contributed by atoms with Crippen molar-refractivity contribution in [2.75, 3.05) is 16.8 Å². The second-order valence-electron chi connectivity index (χ2n) is 9.76. The maximum atomic E-state index is 13.1. The van der Waals surface area contributed by atoms with E-state index >= 15 is 0 Å². The van der Waals surface area contributed by atoms with Crippen LogP contribution in [-0.2, 0) is 9.59 Å². The van der Waals surface area contributed by atoms with Gasteiger partial charge in [0.15, 0.2) is 5.60 Å². The first-order valence-corrected chi connectivity index (χ1v) is 10.6. The summed E-state index contributed by atoms with van der Waals surface area (Å²) >= 11 is 0. The number of carbonyl (C=O) groups is 3. The van der Waals surface area contributed by atoms with Gasteiger partial charge in [-0.05, 0) is 83.9 Å². The fourth-order valence-corrected chi connectivity index (χ4v) is 3.48. The Labute approximate surface area is 189 Å². The minimum absolute atomic E-state index is 0.198. The van der Waals surface area contributed by atoms with Gasteiger partial charge < -0.3 is 15.4 Å². The molecule has 0 bridgehead atoms. The van der Waals surface area contributed by atoms with Crippen LogP contribution in [0.3, 0.4) is 0 Å². The van der Waals surface area contributed by atoms with Crippen LogP contribution in [0.1, 0.15) is 56.1 Å². The normalized spacial score (nSPS) is 15.0. The second-order valence-corrected chi connectivity index (χ2v) is 9.76. The van der Waals surface area contributed by atoms with Crippen LogP contribution in [0.2, 0.25) is 0 Å². The minimum Gasteiger partial charge on any atom is -0.476 e. The molecule has 0 saturated carbocycles. The molecule has 0 aliphatic carbocycles. The van der Waals surface area contributed by atoms with E-state index in [9.17, 15) is 14.4 Å². The van der Waals surface area contributed by atoms with E-state index in [1.807, 2.05) is 52.8 Å². The Morgan fingerprint density at radius 3 is 2.41 bits per heavy atom. The minimum atomic E-state index is -1.14. The standard InChI is InChI=1S/C25H31N3O4/c1-15-8-9-16(2)18(12-15)26-21(29)14-28-19-13-17(22(30)27-24(3,4)5)10-11-20(19)32-25(6,7)23(28)31/h8-13H,14H2,1-7H3,(H,26,29)(H,27,30). The largest absolute Gasteiger partial charge is 0.476 e. The van der Waals surface area contributed by atoms with Crippen LogP contribution < -0.4 is 20.3 Å². The number of anilines is 2. The quantitative estimate of drug-likeness (QED) is 0.758. The lowest BCUT2D eigenvalue weighted by Crippen LogP contribution is -2.54. The molecule has 1 aliphatic heterocycles. The first-order valence-electron chi connectivity index (χ1n) is 10.6. The summed E-state index contributed by atoms with van der Waals surface area (Å²) in [5.41, 5.74) is 1.89. The van der Waals surface area contributed by atoms with Gasteiger partial charge in [0.25, 0.3) is 11.8 Å². The Balaban J connectivity index is 1.92. The molecule has 1 aliphatic rings. The molecule has 0 unspecified atom stereocenters. The smallest absolute Gasteiger partial charge is 0.271 e. The van der Waals surface area contributed by atoms with Crippen molar-refractivity contribution in [1.82, 2.24) is 5.32 Å². The number of hydrogen-bond acceptors (Lipinski definition) is 4. The summed E-state index contributed by atoms with van der Waals surface area (Å²) in [5, 5.41) is 5.80. The van der Waals surface area contributed by atoms with Gasteiger partial charge in [0.05, 0.1) is 5.69 Å². The summed E-state index contributed by atoms with van der Waals surface area (Å²) in [4.78, 5) is 40.1. The zero-order chi connectivity index (χ0) is 23.8. The topological polar surface area (TPSA) is 87.7 Å². The molecule has 2 aromatic rings. The van der Waals surface area contributed by atoms with E-state index in [1.165, 1.54) is 4.90 Å². The van der Waals surface area contributed by atoms with Crippen LogP contribution in [0.5, 0.6) is 5.75 Å². The molecule has 3 amide bonds. The van der Waals surface area contributed by atoms with E-state index in [2.05, 4.69) is 10.6 Å². The van der Waals surface area contributed by atoms with E-state index < -0.39 is 11.1 Å². The van der Waals surface area contributed by atoms with Crippen LogP contribution in [0.4, 0.5) is 11.4 Å². The molecule has 0 radical (unpaired) electrons. The van der Waals surface area contributed by atoms with Crippen molar-refractivity contribution in [2.24, 2.45) is 0 Å². The first-order chi connectivity index (χ1) is 14.8. The Hall–Kier alpha value is -3.35. The second kappa shape index (κ2) is 8.30. The van der Waals surface area contributed by atoms with Crippen LogP contribution in [-0.4, -0.2) is 35.4 Å². The number of nitrogens with zero attached hydrogens (tertiary/aromatic N) is 1. The fourth-order valence-electron chi connectivity index (χ4n) is 3.48. The maximum Gasteiger partial charge on any atom is 0.271 e. The van der Waals surface area contributed by atoms with Crippen molar-refractivity contribution in [2.45, 2.75) is 59.6 Å². The molecule has 2 N–H and O–H groups in total. The lowest BCUT2D eigenvalue weighted by Gasteiger charge is -2.38. The molecule has 0 aromatic heterocycles. The number of carbonyl (C=O) groups excluding carboxylic acids is 3. The van der Waals surface area contributed by atoms with Crippen molar-refractivity contribution < 1.29 is 19.1 Å². The van der Waals surface area contributed by atoms with Crippen LogP contribution >= 0.6 is 0 Å². The number of ether oxygens (including phenoxy) is 1. The molecule has 170 valence electrons. The van der Waals surface area contributed by atoms with Gasteiger partial charge in [0, 0.05) is 16.8 Å². The van der Waals surface area contributed by atoms with Crippen LogP contribution in [0.15, 0.2) is 36.4 Å². The third kappa shape index (κ3) is 5.10. The van der Waals surface area contributed by atoms with Gasteiger partial charge in [-0.3, -0.25) is 19.3 Å². The molecular weight excluding hydrogens is 406 g/mol. The highest BCUT2D eigenvalue weighted by atomic mass is 16.5. The SMILES string of the molecule is Cc1ccc(C)c(NC(=O)CN2C(=O)C(C)(C)Oc3ccc(C(=O)NC(C)(C)C)cc32)c1. The van der Waals surface area contributed by atoms with Gasteiger partial charge in [-0.2, -0.15) is 0 Å². The molecule has 1 heterocycles. The van der Waals surface area contributed by atoms with Gasteiger partial charge in [-0.1, -0.05) is 12.1 Å². The van der Waals surface area contributed by atoms with E-state index in [4.69, 9.17) is 4.74 Å².